The fourth-order valence-corrected chi connectivity index (χ4v) is 5.28. The zero-order valence-corrected chi connectivity index (χ0v) is 13.5. The van der Waals surface area contributed by atoms with E-state index in [4.69, 9.17) is 11.6 Å². The molecular weight excluding hydrogens is 308 g/mol. The molecular formula is C20H15ClS. The number of thioether (sulfide) groups is 1. The van der Waals surface area contributed by atoms with Gasteiger partial charge in [0.05, 0.1) is 0 Å². The third-order valence-corrected chi connectivity index (χ3v) is 6.76. The summed E-state index contributed by atoms with van der Waals surface area (Å²) in [5, 5.41) is 0. The maximum absolute atomic E-state index is 7.12. The SMILES string of the molecule is ClC1(c2ccccc2)SC1(c1ccccc1)c1ccccc1. The van der Waals surface area contributed by atoms with E-state index >= 15 is 0 Å². The fraction of sp³-hybridized carbons (Fsp3) is 0.100. The second-order valence-electron chi connectivity index (χ2n) is 5.48. The number of alkyl halides is 1. The van der Waals surface area contributed by atoms with Gasteiger partial charge in [0.1, 0.15) is 8.95 Å². The summed E-state index contributed by atoms with van der Waals surface area (Å²) in [7, 11) is 0. The Bertz CT molecular complexity index is 731. The highest BCUT2D eigenvalue weighted by Gasteiger charge is 2.70. The lowest BCUT2D eigenvalue weighted by Gasteiger charge is -2.20. The van der Waals surface area contributed by atoms with Gasteiger partial charge in [-0.3, -0.25) is 0 Å². The summed E-state index contributed by atoms with van der Waals surface area (Å²) < 4.78 is -0.671. The number of benzene rings is 3. The molecule has 1 saturated heterocycles. The van der Waals surface area contributed by atoms with Gasteiger partial charge in [-0.2, -0.15) is 0 Å². The third-order valence-electron chi connectivity index (χ3n) is 4.21. The lowest BCUT2D eigenvalue weighted by Crippen LogP contribution is -2.19. The van der Waals surface area contributed by atoms with Crippen molar-refractivity contribution in [3.05, 3.63) is 108 Å². The van der Waals surface area contributed by atoms with Gasteiger partial charge in [0.15, 0.2) is 0 Å². The molecule has 0 nitrogen and oxygen atoms in total. The van der Waals surface area contributed by atoms with E-state index in [9.17, 15) is 0 Å². The predicted molar refractivity (Wildman–Crippen MR) is 95.2 cm³/mol. The van der Waals surface area contributed by atoms with E-state index in [0.29, 0.717) is 0 Å². The molecule has 3 aromatic rings. The van der Waals surface area contributed by atoms with E-state index in [1.807, 2.05) is 30.0 Å². The Kier molecular flexibility index (Phi) is 3.28. The van der Waals surface area contributed by atoms with Crippen molar-refractivity contribution in [1.82, 2.24) is 0 Å². The number of rotatable bonds is 3. The number of halogens is 1. The molecule has 108 valence electrons. The van der Waals surface area contributed by atoms with Crippen LogP contribution in [0.25, 0.3) is 0 Å². The van der Waals surface area contributed by atoms with E-state index in [0.717, 1.165) is 5.56 Å². The van der Waals surface area contributed by atoms with E-state index in [1.165, 1.54) is 11.1 Å². The van der Waals surface area contributed by atoms with Gasteiger partial charge < -0.3 is 0 Å². The summed E-state index contributed by atoms with van der Waals surface area (Å²) in [6.07, 6.45) is 0. The maximum atomic E-state index is 7.12. The smallest absolute Gasteiger partial charge is 0.112 e. The molecule has 0 bridgehead atoms. The summed E-state index contributed by atoms with van der Waals surface area (Å²) in [6, 6.07) is 31.5. The van der Waals surface area contributed by atoms with Crippen LogP contribution in [0, 0.1) is 0 Å². The Morgan fingerprint density at radius 2 is 0.909 bits per heavy atom. The van der Waals surface area contributed by atoms with E-state index in [1.54, 1.807) is 0 Å². The van der Waals surface area contributed by atoms with Crippen molar-refractivity contribution in [2.24, 2.45) is 0 Å². The maximum Gasteiger partial charge on any atom is 0.139 e. The highest BCUT2D eigenvalue weighted by molar-refractivity contribution is 8.10. The Labute approximate surface area is 140 Å². The molecule has 1 heterocycles. The van der Waals surface area contributed by atoms with Gasteiger partial charge in [0.2, 0.25) is 0 Å². The minimum Gasteiger partial charge on any atom is -0.112 e. The molecule has 0 radical (unpaired) electrons. The second kappa shape index (κ2) is 5.19. The topological polar surface area (TPSA) is 0 Å². The average Bonchev–Trinajstić information content (AvgIpc) is 3.26. The molecule has 1 aliphatic heterocycles. The van der Waals surface area contributed by atoms with Gasteiger partial charge in [-0.15, -0.1) is 11.8 Å². The van der Waals surface area contributed by atoms with E-state index < -0.39 is 4.21 Å². The van der Waals surface area contributed by atoms with Crippen LogP contribution in [0.4, 0.5) is 0 Å². The molecule has 4 rings (SSSR count). The summed E-state index contributed by atoms with van der Waals surface area (Å²) in [6.45, 7) is 0. The van der Waals surface area contributed by atoms with Crippen molar-refractivity contribution in [3.8, 4) is 0 Å². The lowest BCUT2D eigenvalue weighted by molar-refractivity contribution is 0.770. The number of hydrogen-bond donors (Lipinski definition) is 0. The molecule has 1 fully saturated rings. The van der Waals surface area contributed by atoms with Gasteiger partial charge in [-0.25, -0.2) is 0 Å². The van der Waals surface area contributed by atoms with Crippen LogP contribution < -0.4 is 0 Å². The van der Waals surface area contributed by atoms with Gasteiger partial charge >= 0.3 is 0 Å². The summed E-state index contributed by atoms with van der Waals surface area (Å²) >= 11 is 8.94. The molecule has 22 heavy (non-hydrogen) atoms. The van der Waals surface area contributed by atoms with Crippen LogP contribution in [0.2, 0.25) is 0 Å². The molecule has 0 saturated carbocycles. The monoisotopic (exact) mass is 322 g/mol. The summed E-state index contributed by atoms with van der Waals surface area (Å²) in [5.74, 6) is 0. The standard InChI is InChI=1S/C20H15ClS/c21-20(18-14-8-3-9-15-18)19(22-20,16-10-4-1-5-11-16)17-12-6-2-7-13-17/h1-15H. The largest absolute Gasteiger partial charge is 0.139 e. The molecule has 0 aliphatic carbocycles. The summed E-state index contributed by atoms with van der Waals surface area (Å²) in [5.41, 5.74) is 3.67. The van der Waals surface area contributed by atoms with E-state index in [-0.39, 0.29) is 4.75 Å². The first-order valence-electron chi connectivity index (χ1n) is 7.33. The molecule has 3 aromatic carbocycles. The lowest BCUT2D eigenvalue weighted by atomic mass is 9.85. The molecule has 0 N–H and O–H groups in total. The van der Waals surface area contributed by atoms with Crippen LogP contribution in [-0.4, -0.2) is 0 Å². The Hall–Kier alpha value is -1.70. The molecule has 0 aromatic heterocycles. The highest BCUT2D eigenvalue weighted by atomic mass is 35.5. The molecule has 0 spiro atoms. The van der Waals surface area contributed by atoms with Gasteiger partial charge in [-0.1, -0.05) is 103 Å². The zero-order valence-electron chi connectivity index (χ0n) is 11.9. The second-order valence-corrected chi connectivity index (χ2v) is 7.70. The molecule has 1 atom stereocenters. The van der Waals surface area contributed by atoms with Crippen molar-refractivity contribution in [2.45, 2.75) is 8.95 Å². The number of hydrogen-bond acceptors (Lipinski definition) is 1. The molecule has 1 aliphatic rings. The van der Waals surface area contributed by atoms with Gasteiger partial charge in [0.25, 0.3) is 0 Å². The van der Waals surface area contributed by atoms with Crippen LogP contribution in [0.5, 0.6) is 0 Å². The predicted octanol–water partition coefficient (Wildman–Crippen LogP) is 5.77. The van der Waals surface area contributed by atoms with Crippen LogP contribution in [0.1, 0.15) is 16.7 Å². The Balaban J connectivity index is 1.91. The zero-order chi connectivity index (χ0) is 15.0. The van der Waals surface area contributed by atoms with Crippen LogP contribution >= 0.6 is 23.4 Å². The van der Waals surface area contributed by atoms with Crippen LogP contribution in [0.15, 0.2) is 91.0 Å². The van der Waals surface area contributed by atoms with Crippen molar-refractivity contribution < 1.29 is 0 Å². The first-order chi connectivity index (χ1) is 10.8. The summed E-state index contributed by atoms with van der Waals surface area (Å²) in [4.78, 5) is 0. The van der Waals surface area contributed by atoms with Gasteiger partial charge in [0, 0.05) is 0 Å². The minimum atomic E-state index is -0.447. The molecule has 0 amide bonds. The Morgan fingerprint density at radius 1 is 0.545 bits per heavy atom. The first-order valence-corrected chi connectivity index (χ1v) is 8.52. The molecule has 1 unspecified atom stereocenters. The third kappa shape index (κ3) is 1.93. The first kappa shape index (κ1) is 13.9. The van der Waals surface area contributed by atoms with Crippen LogP contribution in [0.3, 0.4) is 0 Å². The normalized spacial score (nSPS) is 22.2. The van der Waals surface area contributed by atoms with Gasteiger partial charge in [-0.05, 0) is 16.7 Å². The quantitative estimate of drug-likeness (QED) is 0.436. The van der Waals surface area contributed by atoms with Crippen LogP contribution in [-0.2, 0) is 8.95 Å². The highest BCUT2D eigenvalue weighted by Crippen LogP contribution is 2.80. The van der Waals surface area contributed by atoms with Crippen molar-refractivity contribution in [2.75, 3.05) is 0 Å². The fourth-order valence-electron chi connectivity index (χ4n) is 3.10. The minimum absolute atomic E-state index is 0.224. The van der Waals surface area contributed by atoms with Crippen molar-refractivity contribution in [3.63, 3.8) is 0 Å². The Morgan fingerprint density at radius 3 is 1.32 bits per heavy atom. The van der Waals surface area contributed by atoms with Crippen molar-refractivity contribution >= 4 is 23.4 Å². The molecule has 2 heteroatoms. The van der Waals surface area contributed by atoms with Crippen molar-refractivity contribution in [1.29, 1.82) is 0 Å². The average molecular weight is 323 g/mol. The van der Waals surface area contributed by atoms with E-state index in [2.05, 4.69) is 72.8 Å².